The topological polar surface area (TPSA) is 79.3 Å². The number of benzene rings is 1. The van der Waals surface area contributed by atoms with Gasteiger partial charge in [0.2, 0.25) is 0 Å². The minimum Gasteiger partial charge on any atom is -0.460 e. The first kappa shape index (κ1) is 29.1. The van der Waals surface area contributed by atoms with Crippen LogP contribution in [0.25, 0.3) is 0 Å². The number of likely N-dealkylation sites (tertiary alicyclic amines) is 1. The van der Waals surface area contributed by atoms with Gasteiger partial charge in [-0.2, -0.15) is 13.2 Å². The van der Waals surface area contributed by atoms with Crippen LogP contribution < -0.4 is 4.90 Å². The van der Waals surface area contributed by atoms with Crippen molar-refractivity contribution < 1.29 is 37.3 Å². The van der Waals surface area contributed by atoms with E-state index in [-0.39, 0.29) is 31.0 Å². The number of aliphatic hydroxyl groups is 1. The van der Waals surface area contributed by atoms with E-state index in [2.05, 4.69) is 0 Å². The third kappa shape index (κ3) is 7.52. The number of carbonyl (C=O) groups is 2. The lowest BCUT2D eigenvalue weighted by atomic mass is 9.90. The van der Waals surface area contributed by atoms with E-state index in [1.807, 2.05) is 4.90 Å². The fraction of sp³-hybridized carbons (Fsp3) is 0.704. The van der Waals surface area contributed by atoms with Gasteiger partial charge in [0, 0.05) is 31.2 Å². The number of amides is 1. The van der Waals surface area contributed by atoms with Crippen LogP contribution in [0.3, 0.4) is 0 Å². The van der Waals surface area contributed by atoms with Crippen molar-refractivity contribution in [1.29, 1.82) is 0 Å². The maximum atomic E-state index is 13.6. The van der Waals surface area contributed by atoms with Crippen molar-refractivity contribution >= 4 is 17.7 Å². The Morgan fingerprint density at radius 3 is 2.11 bits per heavy atom. The summed E-state index contributed by atoms with van der Waals surface area (Å²) in [7, 11) is 0. The molecule has 0 bridgehead atoms. The number of piperidine rings is 1. The number of ether oxygens (including phenoxy) is 2. The van der Waals surface area contributed by atoms with Crippen molar-refractivity contribution in [3.8, 4) is 0 Å². The van der Waals surface area contributed by atoms with Crippen molar-refractivity contribution in [2.45, 2.75) is 90.1 Å². The maximum absolute atomic E-state index is 13.6. The summed E-state index contributed by atoms with van der Waals surface area (Å²) in [6, 6.07) is 3.22. The van der Waals surface area contributed by atoms with Crippen LogP contribution in [0.15, 0.2) is 18.2 Å². The largest absolute Gasteiger partial charge is 0.460 e. The quantitative estimate of drug-likeness (QED) is 0.531. The third-order valence-electron chi connectivity index (χ3n) is 6.63. The Kier molecular flexibility index (Phi) is 8.41. The van der Waals surface area contributed by atoms with Crippen molar-refractivity contribution in [2.75, 3.05) is 31.1 Å². The smallest absolute Gasteiger partial charge is 0.416 e. The zero-order valence-corrected chi connectivity index (χ0v) is 22.5. The van der Waals surface area contributed by atoms with Crippen molar-refractivity contribution in [2.24, 2.45) is 5.92 Å². The Bertz CT molecular complexity index is 976. The average Bonchev–Trinajstić information content (AvgIpc) is 3.20. The summed E-state index contributed by atoms with van der Waals surface area (Å²) in [5, 5.41) is 9.93. The first-order valence-corrected chi connectivity index (χ1v) is 12.8. The van der Waals surface area contributed by atoms with Gasteiger partial charge in [-0.1, -0.05) is 6.07 Å². The third-order valence-corrected chi connectivity index (χ3v) is 6.63. The summed E-state index contributed by atoms with van der Waals surface area (Å²) in [5.41, 5.74) is -0.930. The molecule has 10 heteroatoms. The molecule has 2 fully saturated rings. The van der Waals surface area contributed by atoms with Crippen LogP contribution in [0, 0.1) is 5.92 Å². The number of nitrogens with zero attached hydrogens (tertiary/aromatic N) is 2. The molecule has 1 N–H and O–H groups in total. The molecule has 0 radical (unpaired) electrons. The van der Waals surface area contributed by atoms with Crippen LogP contribution in [0.5, 0.6) is 0 Å². The van der Waals surface area contributed by atoms with Gasteiger partial charge < -0.3 is 24.4 Å². The van der Waals surface area contributed by atoms with Gasteiger partial charge in [-0.3, -0.25) is 4.79 Å². The predicted octanol–water partition coefficient (Wildman–Crippen LogP) is 5.35. The first-order valence-electron chi connectivity index (χ1n) is 12.8. The fourth-order valence-corrected chi connectivity index (χ4v) is 4.94. The zero-order valence-electron chi connectivity index (χ0n) is 22.5. The summed E-state index contributed by atoms with van der Waals surface area (Å²) in [5.74, 6) is -0.867. The number of rotatable bonds is 4. The number of carbonyl (C=O) groups excluding carboxylic acids is 2. The lowest BCUT2D eigenvalue weighted by Crippen LogP contribution is -2.41. The second kappa shape index (κ2) is 10.7. The molecule has 0 unspecified atom stereocenters. The molecule has 208 valence electrons. The predicted molar refractivity (Wildman–Crippen MR) is 133 cm³/mol. The molecule has 2 saturated heterocycles. The summed E-state index contributed by atoms with van der Waals surface area (Å²) in [6.45, 7) is 11.4. The van der Waals surface area contributed by atoms with Crippen LogP contribution in [0.4, 0.5) is 23.7 Å². The molecule has 2 aliphatic heterocycles. The van der Waals surface area contributed by atoms with Gasteiger partial charge in [0.15, 0.2) is 0 Å². The number of alkyl halides is 3. The Hall–Kier alpha value is -2.49. The van der Waals surface area contributed by atoms with E-state index in [0.717, 1.165) is 12.1 Å². The molecule has 3 rings (SSSR count). The Balaban J connectivity index is 1.85. The summed E-state index contributed by atoms with van der Waals surface area (Å²) >= 11 is 0. The Morgan fingerprint density at radius 1 is 1.00 bits per heavy atom. The van der Waals surface area contributed by atoms with Crippen molar-refractivity contribution in [1.82, 2.24) is 4.90 Å². The Labute approximate surface area is 216 Å². The second-order valence-electron chi connectivity index (χ2n) is 12.0. The molecule has 7 nitrogen and oxygen atoms in total. The number of hydrogen-bond acceptors (Lipinski definition) is 6. The molecule has 37 heavy (non-hydrogen) atoms. The number of anilines is 1. The van der Waals surface area contributed by atoms with Gasteiger partial charge in [0.1, 0.15) is 11.2 Å². The lowest BCUT2D eigenvalue weighted by Gasteiger charge is -2.36. The Morgan fingerprint density at radius 2 is 1.59 bits per heavy atom. The van der Waals surface area contributed by atoms with Gasteiger partial charge >= 0.3 is 18.2 Å². The minimum atomic E-state index is -4.51. The molecule has 1 amide bonds. The molecule has 0 spiro atoms. The minimum absolute atomic E-state index is 0.229. The number of aliphatic hydroxyl groups excluding tert-OH is 1. The molecule has 2 heterocycles. The highest BCUT2D eigenvalue weighted by Gasteiger charge is 2.40. The van der Waals surface area contributed by atoms with Crippen LogP contribution in [-0.2, 0) is 20.4 Å². The number of esters is 1. The lowest BCUT2D eigenvalue weighted by molar-refractivity contribution is -0.160. The molecule has 2 atom stereocenters. The normalized spacial score (nSPS) is 21.8. The number of halogens is 3. The van der Waals surface area contributed by atoms with E-state index in [1.165, 1.54) is 11.0 Å². The van der Waals surface area contributed by atoms with Gasteiger partial charge in [-0.15, -0.1) is 0 Å². The molecule has 1 aromatic rings. The standard InChI is InChI=1S/C27H39F3N2O5/c1-25(2,3)36-23(34)17-9-11-31(12-10-17)22-14-19(27(28,29)30)7-8-21(22)18-13-20(16-33)32(15-18)24(35)37-26(4,5)6/h7-8,14,17-18,20,33H,9-13,15-16H2,1-6H3/t18-,20-/m0/s1. The highest BCUT2D eigenvalue weighted by atomic mass is 19.4. The second-order valence-corrected chi connectivity index (χ2v) is 12.0. The van der Waals surface area contributed by atoms with Gasteiger partial charge in [-0.05, 0) is 78.5 Å². The van der Waals surface area contributed by atoms with Crippen LogP contribution in [-0.4, -0.2) is 65.6 Å². The number of hydrogen-bond donors (Lipinski definition) is 1. The van der Waals surface area contributed by atoms with Crippen LogP contribution >= 0.6 is 0 Å². The molecule has 0 aromatic heterocycles. The molecule has 0 aliphatic carbocycles. The molecule has 2 aliphatic rings. The van der Waals surface area contributed by atoms with E-state index in [0.29, 0.717) is 43.6 Å². The summed E-state index contributed by atoms with van der Waals surface area (Å²) in [4.78, 5) is 28.6. The monoisotopic (exact) mass is 528 g/mol. The molecular formula is C27H39F3N2O5. The van der Waals surface area contributed by atoms with Gasteiger partial charge in [-0.25, -0.2) is 4.79 Å². The maximum Gasteiger partial charge on any atom is 0.416 e. The summed E-state index contributed by atoms with van der Waals surface area (Å²) < 4.78 is 51.9. The molecule has 0 saturated carbocycles. The highest BCUT2D eigenvalue weighted by molar-refractivity contribution is 5.73. The highest BCUT2D eigenvalue weighted by Crippen LogP contribution is 2.41. The zero-order chi connectivity index (χ0) is 27.8. The first-order chi connectivity index (χ1) is 17.0. The van der Waals surface area contributed by atoms with Crippen molar-refractivity contribution in [3.63, 3.8) is 0 Å². The van der Waals surface area contributed by atoms with Crippen LogP contribution in [0.2, 0.25) is 0 Å². The van der Waals surface area contributed by atoms with E-state index in [1.54, 1.807) is 41.5 Å². The SMILES string of the molecule is CC(C)(C)OC(=O)C1CCN(c2cc(C(F)(F)F)ccc2[C@H]2C[C@@H](CO)N(C(=O)OC(C)(C)C)C2)CC1. The average molecular weight is 529 g/mol. The van der Waals surface area contributed by atoms with Crippen LogP contribution in [0.1, 0.15) is 77.8 Å². The van der Waals surface area contributed by atoms with E-state index in [9.17, 15) is 27.9 Å². The van der Waals surface area contributed by atoms with Crippen molar-refractivity contribution in [3.05, 3.63) is 29.3 Å². The fourth-order valence-electron chi connectivity index (χ4n) is 4.94. The summed E-state index contributed by atoms with van der Waals surface area (Å²) in [6.07, 6.45) is -3.71. The van der Waals surface area contributed by atoms with Gasteiger partial charge in [0.25, 0.3) is 0 Å². The molecule has 1 aromatic carbocycles. The van der Waals surface area contributed by atoms with E-state index < -0.39 is 35.1 Å². The van der Waals surface area contributed by atoms with E-state index >= 15 is 0 Å². The molecular weight excluding hydrogens is 489 g/mol. The van der Waals surface area contributed by atoms with E-state index in [4.69, 9.17) is 9.47 Å². The van der Waals surface area contributed by atoms with Gasteiger partial charge in [0.05, 0.1) is 24.1 Å².